The molecule has 1 aromatic carbocycles. The van der Waals surface area contributed by atoms with E-state index in [0.717, 1.165) is 16.3 Å². The molecule has 0 atom stereocenters. The summed E-state index contributed by atoms with van der Waals surface area (Å²) in [5, 5.41) is 0. The largest absolute Gasteiger partial charge is 0.333 e. The monoisotopic (exact) mass is 322 g/mol. The second kappa shape index (κ2) is 4.97. The summed E-state index contributed by atoms with van der Waals surface area (Å²) in [4.78, 5) is 37.7. The summed E-state index contributed by atoms with van der Waals surface area (Å²) in [5.41, 5.74) is 0.134. The molecule has 2 aromatic rings. The van der Waals surface area contributed by atoms with Gasteiger partial charge in [0.15, 0.2) is 5.78 Å². The van der Waals surface area contributed by atoms with Gasteiger partial charge < -0.3 is 4.98 Å². The van der Waals surface area contributed by atoms with Crippen LogP contribution in [0.1, 0.15) is 22.8 Å². The molecule has 2 rings (SSSR count). The molecule has 19 heavy (non-hydrogen) atoms. The van der Waals surface area contributed by atoms with Gasteiger partial charge in [0.05, 0.1) is 11.3 Å². The van der Waals surface area contributed by atoms with Crippen molar-refractivity contribution in [3.8, 4) is 5.69 Å². The van der Waals surface area contributed by atoms with Gasteiger partial charge >= 0.3 is 5.69 Å². The molecule has 0 aliphatic carbocycles. The number of rotatable bonds is 2. The van der Waals surface area contributed by atoms with Crippen molar-refractivity contribution in [2.24, 2.45) is 0 Å². The minimum absolute atomic E-state index is 0.0490. The van der Waals surface area contributed by atoms with E-state index in [1.165, 1.54) is 6.92 Å². The Bertz CT molecular complexity index is 774. The van der Waals surface area contributed by atoms with Crippen molar-refractivity contribution in [3.05, 3.63) is 60.8 Å². The van der Waals surface area contributed by atoms with Crippen molar-refractivity contribution in [2.75, 3.05) is 0 Å². The Labute approximate surface area is 117 Å². The van der Waals surface area contributed by atoms with Crippen LogP contribution in [-0.4, -0.2) is 15.3 Å². The van der Waals surface area contributed by atoms with E-state index in [4.69, 9.17) is 0 Å². The van der Waals surface area contributed by atoms with Crippen molar-refractivity contribution in [1.29, 1.82) is 0 Å². The van der Waals surface area contributed by atoms with Gasteiger partial charge in [0.2, 0.25) is 0 Å². The normalized spacial score (nSPS) is 10.5. The number of benzene rings is 1. The molecule has 0 amide bonds. The summed E-state index contributed by atoms with van der Waals surface area (Å²) in [7, 11) is 0. The number of hydrogen-bond donors (Lipinski definition) is 1. The van der Waals surface area contributed by atoms with Crippen molar-refractivity contribution >= 4 is 21.7 Å². The second-order valence-corrected chi connectivity index (χ2v) is 5.01. The number of carbonyl (C=O) groups is 1. The predicted octanol–water partition coefficient (Wildman–Crippen LogP) is 1.80. The number of H-pyrrole nitrogens is 1. The maximum absolute atomic E-state index is 12.2. The smallest absolute Gasteiger partial charge is 0.313 e. The number of aromatic amines is 1. The highest BCUT2D eigenvalue weighted by Gasteiger charge is 2.14. The maximum atomic E-state index is 12.2. The van der Waals surface area contributed by atoms with Crippen molar-refractivity contribution in [3.63, 3.8) is 0 Å². The molecule has 0 saturated carbocycles. The fourth-order valence-electron chi connectivity index (χ4n) is 1.74. The van der Waals surface area contributed by atoms with Gasteiger partial charge in [0, 0.05) is 10.7 Å². The third-order valence-electron chi connectivity index (χ3n) is 2.70. The van der Waals surface area contributed by atoms with Crippen LogP contribution in [0.3, 0.4) is 0 Å². The van der Waals surface area contributed by atoms with Crippen LogP contribution < -0.4 is 11.2 Å². The Balaban J connectivity index is 2.82. The number of halogens is 1. The van der Waals surface area contributed by atoms with Crippen LogP contribution in [0.5, 0.6) is 0 Å². The molecular weight excluding hydrogens is 312 g/mol. The highest BCUT2D eigenvalue weighted by molar-refractivity contribution is 9.10. The number of hydrogen-bond acceptors (Lipinski definition) is 3. The number of aromatic nitrogens is 2. The molecule has 6 heteroatoms. The molecule has 0 spiro atoms. The Kier molecular flexibility index (Phi) is 3.53. The molecule has 0 fully saturated rings. The zero-order valence-corrected chi connectivity index (χ0v) is 11.9. The summed E-state index contributed by atoms with van der Waals surface area (Å²) in [5.74, 6) is -0.391. The standard InChI is InChI=1S/C13H11BrN2O3/c1-7-3-4-11(10(14)5-7)16-12(18)9(8(2)17)6-15-13(16)19/h3-6H,1-2H3,(H,15,19). The third-order valence-corrected chi connectivity index (χ3v) is 3.34. The number of aryl methyl sites for hydroxylation is 1. The van der Waals surface area contributed by atoms with Crippen LogP contribution in [0.25, 0.3) is 5.69 Å². The lowest BCUT2D eigenvalue weighted by molar-refractivity contribution is 0.101. The van der Waals surface area contributed by atoms with Gasteiger partial charge in [-0.3, -0.25) is 9.59 Å². The zero-order chi connectivity index (χ0) is 14.2. The maximum Gasteiger partial charge on any atom is 0.333 e. The Morgan fingerprint density at radius 2 is 2.00 bits per heavy atom. The van der Waals surface area contributed by atoms with Crippen LogP contribution in [-0.2, 0) is 0 Å². The highest BCUT2D eigenvalue weighted by Crippen LogP contribution is 2.20. The first-order valence-electron chi connectivity index (χ1n) is 5.54. The molecule has 0 saturated heterocycles. The first-order valence-corrected chi connectivity index (χ1v) is 6.33. The average Bonchev–Trinajstić information content (AvgIpc) is 2.31. The van der Waals surface area contributed by atoms with Crippen LogP contribution in [0.15, 0.2) is 38.5 Å². The lowest BCUT2D eigenvalue weighted by Gasteiger charge is -2.08. The van der Waals surface area contributed by atoms with Crippen LogP contribution in [0.2, 0.25) is 0 Å². The summed E-state index contributed by atoms with van der Waals surface area (Å²) in [6.45, 7) is 3.18. The van der Waals surface area contributed by atoms with Crippen molar-refractivity contribution in [1.82, 2.24) is 9.55 Å². The van der Waals surface area contributed by atoms with Crippen LogP contribution in [0, 0.1) is 6.92 Å². The molecule has 1 N–H and O–H groups in total. The molecule has 0 radical (unpaired) electrons. The average molecular weight is 323 g/mol. The Morgan fingerprint density at radius 1 is 1.32 bits per heavy atom. The molecule has 0 aliphatic rings. The van der Waals surface area contributed by atoms with Gasteiger partial charge in [0.1, 0.15) is 0 Å². The summed E-state index contributed by atoms with van der Waals surface area (Å²) >= 11 is 3.32. The van der Waals surface area contributed by atoms with Crippen LogP contribution >= 0.6 is 15.9 Å². The summed E-state index contributed by atoms with van der Waals surface area (Å²) in [6.07, 6.45) is 1.14. The topological polar surface area (TPSA) is 71.9 Å². The number of carbonyl (C=O) groups excluding carboxylic acids is 1. The zero-order valence-electron chi connectivity index (χ0n) is 10.4. The summed E-state index contributed by atoms with van der Waals surface area (Å²) in [6, 6.07) is 5.23. The molecule has 0 bridgehead atoms. The van der Waals surface area contributed by atoms with Gasteiger partial charge in [-0.1, -0.05) is 6.07 Å². The van der Waals surface area contributed by atoms with E-state index in [9.17, 15) is 14.4 Å². The SMILES string of the molecule is CC(=O)c1c[nH]c(=O)n(-c2ccc(C)cc2Br)c1=O. The first kappa shape index (κ1) is 13.5. The molecule has 1 aromatic heterocycles. The molecule has 0 unspecified atom stereocenters. The Morgan fingerprint density at radius 3 is 2.58 bits per heavy atom. The number of Topliss-reactive ketones (excluding diaryl/α,β-unsaturated/α-hetero) is 1. The van der Waals surface area contributed by atoms with Gasteiger partial charge in [0.25, 0.3) is 5.56 Å². The molecule has 98 valence electrons. The molecule has 5 nitrogen and oxygen atoms in total. The van der Waals surface area contributed by atoms with E-state index >= 15 is 0 Å². The lowest BCUT2D eigenvalue weighted by atomic mass is 10.2. The van der Waals surface area contributed by atoms with Crippen molar-refractivity contribution < 1.29 is 4.79 Å². The van der Waals surface area contributed by atoms with E-state index < -0.39 is 17.0 Å². The lowest BCUT2D eigenvalue weighted by Crippen LogP contribution is -2.36. The van der Waals surface area contributed by atoms with E-state index in [2.05, 4.69) is 20.9 Å². The fraction of sp³-hybridized carbons (Fsp3) is 0.154. The van der Waals surface area contributed by atoms with E-state index in [1.54, 1.807) is 18.2 Å². The summed E-state index contributed by atoms with van der Waals surface area (Å²) < 4.78 is 1.56. The van der Waals surface area contributed by atoms with E-state index in [0.29, 0.717) is 10.2 Å². The predicted molar refractivity (Wildman–Crippen MR) is 75.1 cm³/mol. The molecule has 0 aliphatic heterocycles. The minimum Gasteiger partial charge on any atom is -0.313 e. The highest BCUT2D eigenvalue weighted by atomic mass is 79.9. The van der Waals surface area contributed by atoms with Crippen LogP contribution in [0.4, 0.5) is 0 Å². The minimum atomic E-state index is -0.624. The van der Waals surface area contributed by atoms with Crippen molar-refractivity contribution in [2.45, 2.75) is 13.8 Å². The van der Waals surface area contributed by atoms with Gasteiger partial charge in [-0.2, -0.15) is 0 Å². The van der Waals surface area contributed by atoms with Gasteiger partial charge in [-0.15, -0.1) is 0 Å². The second-order valence-electron chi connectivity index (χ2n) is 4.16. The number of ketones is 1. The van der Waals surface area contributed by atoms with Gasteiger partial charge in [-0.25, -0.2) is 9.36 Å². The first-order chi connectivity index (χ1) is 8.91. The van der Waals surface area contributed by atoms with E-state index in [1.807, 2.05) is 6.92 Å². The fourth-order valence-corrected chi connectivity index (χ4v) is 2.41. The molecular formula is C13H11BrN2O3. The van der Waals surface area contributed by atoms with E-state index in [-0.39, 0.29) is 5.56 Å². The molecule has 1 heterocycles. The third kappa shape index (κ3) is 2.44. The Hall–Kier alpha value is -1.95. The number of nitrogens with zero attached hydrogens (tertiary/aromatic N) is 1. The quantitative estimate of drug-likeness (QED) is 0.857. The number of nitrogens with one attached hydrogen (secondary N) is 1. The van der Waals surface area contributed by atoms with Gasteiger partial charge in [-0.05, 0) is 47.5 Å².